The van der Waals surface area contributed by atoms with Crippen molar-refractivity contribution >= 4 is 16.8 Å². The molecule has 0 saturated carbocycles. The lowest BCUT2D eigenvalue weighted by Crippen LogP contribution is -2.33. The molecule has 4 rings (SSSR count). The Morgan fingerprint density at radius 2 is 2.07 bits per heavy atom. The summed E-state index contributed by atoms with van der Waals surface area (Å²) in [5, 5.41) is 16.1. The predicted octanol–water partition coefficient (Wildman–Crippen LogP) is 1.96. The molecular weight excluding hydrogens is 354 g/mol. The summed E-state index contributed by atoms with van der Waals surface area (Å²) in [6.07, 6.45) is 1.05. The number of aliphatic hydroxyl groups is 1. The normalized spacial score (nSPS) is 15.4. The van der Waals surface area contributed by atoms with Crippen LogP contribution >= 0.6 is 0 Å². The van der Waals surface area contributed by atoms with Crippen LogP contribution in [0.2, 0.25) is 0 Å². The van der Waals surface area contributed by atoms with Crippen LogP contribution in [0.1, 0.15) is 29.5 Å². The number of benzene rings is 1. The van der Waals surface area contributed by atoms with Crippen molar-refractivity contribution in [1.29, 1.82) is 0 Å². The highest BCUT2D eigenvalue weighted by atomic mass is 16.3. The van der Waals surface area contributed by atoms with Gasteiger partial charge in [0.1, 0.15) is 6.10 Å². The third-order valence-corrected chi connectivity index (χ3v) is 5.24. The molecule has 1 aliphatic rings. The Morgan fingerprint density at radius 3 is 2.89 bits per heavy atom. The van der Waals surface area contributed by atoms with Crippen molar-refractivity contribution in [3.05, 3.63) is 59.5 Å². The Labute approximate surface area is 164 Å². The van der Waals surface area contributed by atoms with Gasteiger partial charge in [0, 0.05) is 45.3 Å². The van der Waals surface area contributed by atoms with Crippen LogP contribution in [-0.2, 0) is 24.4 Å². The number of amides is 1. The van der Waals surface area contributed by atoms with E-state index in [1.807, 2.05) is 35.1 Å². The first-order chi connectivity index (χ1) is 13.5. The summed E-state index contributed by atoms with van der Waals surface area (Å²) in [6.45, 7) is 3.26. The molecule has 146 valence electrons. The van der Waals surface area contributed by atoms with Crippen LogP contribution in [0.25, 0.3) is 10.9 Å². The van der Waals surface area contributed by atoms with E-state index in [4.69, 9.17) is 0 Å². The molecule has 28 heavy (non-hydrogen) atoms. The van der Waals surface area contributed by atoms with Crippen molar-refractivity contribution in [2.75, 3.05) is 20.6 Å². The number of fused-ring (bicyclic) bond motifs is 2. The van der Waals surface area contributed by atoms with E-state index in [0.717, 1.165) is 37.4 Å². The average Bonchev–Trinajstić information content (AvgIpc) is 3.12. The van der Waals surface area contributed by atoms with Gasteiger partial charge in [0.2, 0.25) is 5.91 Å². The lowest BCUT2D eigenvalue weighted by atomic mass is 10.1. The van der Waals surface area contributed by atoms with Crippen molar-refractivity contribution in [2.24, 2.45) is 0 Å². The van der Waals surface area contributed by atoms with Crippen molar-refractivity contribution < 1.29 is 9.90 Å². The molecule has 1 amide bonds. The van der Waals surface area contributed by atoms with Crippen LogP contribution in [0, 0.1) is 0 Å². The number of rotatable bonds is 5. The highest BCUT2D eigenvalue weighted by Gasteiger charge is 2.23. The number of para-hydroxylation sites is 1. The van der Waals surface area contributed by atoms with Crippen molar-refractivity contribution in [3.63, 3.8) is 0 Å². The number of hydrogen-bond donors (Lipinski definition) is 1. The van der Waals surface area contributed by atoms with Gasteiger partial charge in [-0.1, -0.05) is 18.2 Å². The van der Waals surface area contributed by atoms with Gasteiger partial charge in [0.05, 0.1) is 29.9 Å². The molecule has 1 atom stereocenters. The fraction of sp³-hybridized carbons (Fsp3) is 0.381. The minimum Gasteiger partial charge on any atom is -0.386 e. The number of aromatic nitrogens is 3. The molecule has 1 aliphatic heterocycles. The van der Waals surface area contributed by atoms with Gasteiger partial charge in [-0.2, -0.15) is 5.10 Å². The van der Waals surface area contributed by atoms with Crippen LogP contribution in [-0.4, -0.2) is 56.2 Å². The molecule has 0 radical (unpaired) electrons. The number of aliphatic hydroxyl groups excluding tert-OH is 1. The van der Waals surface area contributed by atoms with E-state index in [2.05, 4.69) is 27.1 Å². The second kappa shape index (κ2) is 7.69. The third-order valence-electron chi connectivity index (χ3n) is 5.24. The fourth-order valence-corrected chi connectivity index (χ4v) is 3.63. The Morgan fingerprint density at radius 1 is 1.25 bits per heavy atom. The fourth-order valence-electron chi connectivity index (χ4n) is 3.63. The van der Waals surface area contributed by atoms with E-state index in [1.165, 1.54) is 15.8 Å². The lowest BCUT2D eigenvalue weighted by Gasteiger charge is -2.27. The van der Waals surface area contributed by atoms with Gasteiger partial charge in [0.15, 0.2) is 0 Å². The number of carbonyl (C=O) groups is 1. The van der Waals surface area contributed by atoms with E-state index < -0.39 is 6.10 Å². The molecule has 3 aromatic rings. The van der Waals surface area contributed by atoms with Crippen molar-refractivity contribution in [3.8, 4) is 0 Å². The second-order valence-electron chi connectivity index (χ2n) is 7.49. The zero-order chi connectivity index (χ0) is 19.7. The smallest absolute Gasteiger partial charge is 0.225 e. The predicted molar refractivity (Wildman–Crippen MR) is 106 cm³/mol. The maximum Gasteiger partial charge on any atom is 0.225 e. The van der Waals surface area contributed by atoms with Crippen molar-refractivity contribution in [1.82, 2.24) is 24.6 Å². The standard InChI is InChI=1S/C21H25N5O2/c1-24(2)21(28)12-20(27)19-11-16-14-25(9-10-26(16)23-19)13-15-7-8-22-18-6-4-3-5-17(15)18/h3-8,11,20,27H,9-10,12-14H2,1-2H3. The molecule has 7 nitrogen and oxygen atoms in total. The number of nitrogens with zero attached hydrogens (tertiary/aromatic N) is 5. The first-order valence-corrected chi connectivity index (χ1v) is 9.51. The molecule has 3 heterocycles. The topological polar surface area (TPSA) is 74.5 Å². The molecule has 1 aromatic carbocycles. The molecule has 2 aromatic heterocycles. The first kappa shape index (κ1) is 18.6. The van der Waals surface area contributed by atoms with E-state index in [9.17, 15) is 9.90 Å². The van der Waals surface area contributed by atoms with Crippen LogP contribution in [0.15, 0.2) is 42.6 Å². The Kier molecular flexibility index (Phi) is 5.11. The molecule has 0 aliphatic carbocycles. The summed E-state index contributed by atoms with van der Waals surface area (Å²) in [5.74, 6) is -0.107. The molecule has 0 fully saturated rings. The minimum atomic E-state index is -0.870. The first-order valence-electron chi connectivity index (χ1n) is 9.51. The van der Waals surface area contributed by atoms with E-state index in [1.54, 1.807) is 14.1 Å². The average molecular weight is 379 g/mol. The highest BCUT2D eigenvalue weighted by Crippen LogP contribution is 2.23. The van der Waals surface area contributed by atoms with Gasteiger partial charge in [-0.3, -0.25) is 19.4 Å². The van der Waals surface area contributed by atoms with Crippen LogP contribution < -0.4 is 0 Å². The van der Waals surface area contributed by atoms with E-state index in [-0.39, 0.29) is 12.3 Å². The van der Waals surface area contributed by atoms with Crippen LogP contribution in [0.4, 0.5) is 0 Å². The van der Waals surface area contributed by atoms with E-state index >= 15 is 0 Å². The van der Waals surface area contributed by atoms with Crippen LogP contribution in [0.3, 0.4) is 0 Å². The molecule has 0 spiro atoms. The summed E-state index contributed by atoms with van der Waals surface area (Å²) in [6, 6.07) is 12.2. The number of pyridine rings is 1. The van der Waals surface area contributed by atoms with Gasteiger partial charge in [-0.25, -0.2) is 0 Å². The number of hydrogen-bond acceptors (Lipinski definition) is 5. The number of carbonyl (C=O) groups excluding carboxylic acids is 1. The van der Waals surface area contributed by atoms with Crippen molar-refractivity contribution in [2.45, 2.75) is 32.2 Å². The van der Waals surface area contributed by atoms with E-state index in [0.29, 0.717) is 5.69 Å². The van der Waals surface area contributed by atoms with Gasteiger partial charge >= 0.3 is 0 Å². The SMILES string of the molecule is CN(C)C(=O)CC(O)c1cc2n(n1)CCN(Cc1ccnc3ccccc13)C2. The Hall–Kier alpha value is -2.77. The zero-order valence-electron chi connectivity index (χ0n) is 16.2. The Balaban J connectivity index is 1.48. The minimum absolute atomic E-state index is 0.0518. The molecule has 7 heteroatoms. The molecule has 0 bridgehead atoms. The summed E-state index contributed by atoms with van der Waals surface area (Å²) >= 11 is 0. The molecular formula is C21H25N5O2. The monoisotopic (exact) mass is 379 g/mol. The van der Waals surface area contributed by atoms with Gasteiger partial charge in [-0.15, -0.1) is 0 Å². The highest BCUT2D eigenvalue weighted by molar-refractivity contribution is 5.81. The summed E-state index contributed by atoms with van der Waals surface area (Å²) in [7, 11) is 3.38. The maximum atomic E-state index is 11.9. The van der Waals surface area contributed by atoms with Gasteiger partial charge in [0.25, 0.3) is 0 Å². The summed E-state index contributed by atoms with van der Waals surface area (Å²) in [4.78, 5) is 20.1. The quantitative estimate of drug-likeness (QED) is 0.734. The summed E-state index contributed by atoms with van der Waals surface area (Å²) in [5.41, 5.74) is 3.91. The maximum absolute atomic E-state index is 11.9. The Bertz CT molecular complexity index is 992. The second-order valence-corrected chi connectivity index (χ2v) is 7.49. The molecule has 0 saturated heterocycles. The third kappa shape index (κ3) is 3.76. The van der Waals surface area contributed by atoms with Crippen LogP contribution in [0.5, 0.6) is 0 Å². The summed E-state index contributed by atoms with van der Waals surface area (Å²) < 4.78 is 1.94. The lowest BCUT2D eigenvalue weighted by molar-refractivity contribution is -0.130. The largest absolute Gasteiger partial charge is 0.386 e. The zero-order valence-corrected chi connectivity index (χ0v) is 16.2. The molecule has 1 N–H and O–H groups in total. The van der Waals surface area contributed by atoms with Gasteiger partial charge in [-0.05, 0) is 23.8 Å². The molecule has 1 unspecified atom stereocenters. The van der Waals surface area contributed by atoms with Gasteiger partial charge < -0.3 is 10.0 Å².